The molecule has 2 aromatic rings. The van der Waals surface area contributed by atoms with E-state index in [1.165, 1.54) is 13.0 Å². The Balaban J connectivity index is 0.000000240. The molecule has 0 saturated heterocycles. The summed E-state index contributed by atoms with van der Waals surface area (Å²) < 4.78 is 21.7. The lowest BCUT2D eigenvalue weighted by molar-refractivity contribution is 0.361. The Morgan fingerprint density at radius 2 is 1.38 bits per heavy atom. The minimum atomic E-state index is -4.08. The summed E-state index contributed by atoms with van der Waals surface area (Å²) in [5.41, 5.74) is 1.53. The fraction of sp³-hybridized carbons (Fsp3) is 0.250. The van der Waals surface area contributed by atoms with E-state index in [4.69, 9.17) is 19.6 Å². The van der Waals surface area contributed by atoms with E-state index in [-0.39, 0.29) is 5.30 Å². The summed E-state index contributed by atoms with van der Waals surface area (Å²) in [5.74, 6) is 0. The van der Waals surface area contributed by atoms with Gasteiger partial charge in [0.05, 0.1) is 11.0 Å². The van der Waals surface area contributed by atoms with E-state index in [2.05, 4.69) is 0 Å². The molecule has 0 saturated carbocycles. The lowest BCUT2D eigenvalue weighted by Crippen LogP contribution is -2.08. The van der Waals surface area contributed by atoms with E-state index in [1.54, 1.807) is 37.3 Å². The van der Waals surface area contributed by atoms with Gasteiger partial charge in [0.15, 0.2) is 0 Å². The van der Waals surface area contributed by atoms with Crippen molar-refractivity contribution < 1.29 is 28.7 Å². The zero-order valence-corrected chi connectivity index (χ0v) is 15.5. The van der Waals surface area contributed by atoms with E-state index in [0.29, 0.717) is 11.1 Å². The summed E-state index contributed by atoms with van der Waals surface area (Å²) in [6.07, 6.45) is 0. The number of aryl methyl sites for hydroxylation is 1. The van der Waals surface area contributed by atoms with Gasteiger partial charge in [-0.2, -0.15) is 0 Å². The van der Waals surface area contributed by atoms with Crippen LogP contribution in [0, 0.1) is 13.8 Å². The predicted octanol–water partition coefficient (Wildman–Crippen LogP) is 3.03. The molecule has 0 amide bonds. The molecule has 132 valence electrons. The molecule has 1 atom stereocenters. The highest BCUT2D eigenvalue weighted by Crippen LogP contribution is 2.51. The lowest BCUT2D eigenvalue weighted by Gasteiger charge is -2.12. The van der Waals surface area contributed by atoms with Crippen molar-refractivity contribution in [2.75, 3.05) is 0 Å². The third-order valence-electron chi connectivity index (χ3n) is 3.68. The van der Waals surface area contributed by atoms with Crippen LogP contribution in [0.1, 0.15) is 29.3 Å². The fourth-order valence-corrected chi connectivity index (χ4v) is 3.43. The molecule has 4 N–H and O–H groups in total. The van der Waals surface area contributed by atoms with Gasteiger partial charge in [0.25, 0.3) is 0 Å². The van der Waals surface area contributed by atoms with Gasteiger partial charge in [-0.1, -0.05) is 42.5 Å². The molecule has 0 fully saturated rings. The number of hydrogen-bond donors (Lipinski definition) is 4. The highest BCUT2D eigenvalue weighted by atomic mass is 31.2. The largest absolute Gasteiger partial charge is 0.356 e. The van der Waals surface area contributed by atoms with Crippen molar-refractivity contribution in [2.24, 2.45) is 0 Å². The van der Waals surface area contributed by atoms with E-state index in [9.17, 15) is 9.13 Å². The monoisotopic (exact) mass is 372 g/mol. The van der Waals surface area contributed by atoms with Crippen LogP contribution in [0.25, 0.3) is 0 Å². The summed E-state index contributed by atoms with van der Waals surface area (Å²) in [6.45, 7) is 5.06. The molecule has 6 nitrogen and oxygen atoms in total. The van der Waals surface area contributed by atoms with Crippen molar-refractivity contribution in [1.82, 2.24) is 0 Å². The van der Waals surface area contributed by atoms with Crippen LogP contribution in [0.4, 0.5) is 0 Å². The molecule has 2 rings (SSSR count). The Morgan fingerprint density at radius 1 is 0.833 bits per heavy atom. The second-order valence-electron chi connectivity index (χ2n) is 5.44. The van der Waals surface area contributed by atoms with Gasteiger partial charge in [-0.25, -0.2) is 0 Å². The summed E-state index contributed by atoms with van der Waals surface area (Å²) in [6, 6.07) is 13.7. The first-order chi connectivity index (χ1) is 10.9. The second-order valence-corrected chi connectivity index (χ2v) is 8.96. The molecule has 24 heavy (non-hydrogen) atoms. The van der Waals surface area contributed by atoms with Gasteiger partial charge in [0.1, 0.15) is 0 Å². The van der Waals surface area contributed by atoms with Crippen molar-refractivity contribution in [3.8, 4) is 0 Å². The van der Waals surface area contributed by atoms with Crippen molar-refractivity contribution >= 4 is 20.5 Å². The lowest BCUT2D eigenvalue weighted by atomic mass is 10.1. The van der Waals surface area contributed by atoms with Crippen LogP contribution in [-0.4, -0.2) is 19.6 Å². The van der Waals surface area contributed by atoms with E-state index < -0.39 is 20.9 Å². The first kappa shape index (κ1) is 20.8. The summed E-state index contributed by atoms with van der Waals surface area (Å²) in [7, 11) is -8.06. The number of rotatable bonds is 3. The normalized spacial score (nSPS) is 13.0. The van der Waals surface area contributed by atoms with Crippen LogP contribution < -0.4 is 5.30 Å². The highest BCUT2D eigenvalue weighted by molar-refractivity contribution is 7.60. The maximum atomic E-state index is 10.9. The van der Waals surface area contributed by atoms with Crippen molar-refractivity contribution in [3.63, 3.8) is 0 Å². The zero-order chi connectivity index (χ0) is 18.5. The van der Waals surface area contributed by atoms with Crippen molar-refractivity contribution in [2.45, 2.75) is 26.4 Å². The first-order valence-corrected chi connectivity index (χ1v) is 10.5. The molecule has 0 aliphatic carbocycles. The molecular weight excluding hydrogens is 350 g/mol. The van der Waals surface area contributed by atoms with Gasteiger partial charge in [-0.05, 0) is 43.5 Å². The van der Waals surface area contributed by atoms with Crippen LogP contribution in [0.5, 0.6) is 0 Å². The minimum Gasteiger partial charge on any atom is -0.324 e. The van der Waals surface area contributed by atoms with E-state index in [1.807, 2.05) is 19.1 Å². The standard InChI is InChI=1S/2C8H11O3P/c1-6-4-3-5-8(7(6)2)12(9,10)11;1-7(12(9,10)11)8-5-3-2-4-6-8/h3-5H,1-2H3,(H2,9,10,11);2-7H,1H3,(H2,9,10,11). The summed E-state index contributed by atoms with van der Waals surface area (Å²) in [4.78, 5) is 35.5. The Labute approximate surface area is 141 Å². The summed E-state index contributed by atoms with van der Waals surface area (Å²) >= 11 is 0. The van der Waals surface area contributed by atoms with Gasteiger partial charge < -0.3 is 19.6 Å². The fourth-order valence-electron chi connectivity index (χ4n) is 1.98. The average Bonchev–Trinajstić information content (AvgIpc) is 2.49. The molecule has 0 spiro atoms. The predicted molar refractivity (Wildman–Crippen MR) is 94.5 cm³/mol. The first-order valence-electron chi connectivity index (χ1n) is 7.17. The molecule has 2 aromatic carbocycles. The molecular formula is C16H22O6P2. The number of hydrogen-bond acceptors (Lipinski definition) is 2. The van der Waals surface area contributed by atoms with Gasteiger partial charge in [0.2, 0.25) is 0 Å². The molecule has 1 unspecified atom stereocenters. The molecule has 0 aliphatic heterocycles. The van der Waals surface area contributed by atoms with Crippen LogP contribution in [0.2, 0.25) is 0 Å². The van der Waals surface area contributed by atoms with Gasteiger partial charge >= 0.3 is 15.2 Å². The third-order valence-corrected chi connectivity index (χ3v) is 6.10. The Hall–Kier alpha value is -1.26. The maximum absolute atomic E-state index is 10.9. The topological polar surface area (TPSA) is 115 Å². The minimum absolute atomic E-state index is 0.127. The highest BCUT2D eigenvalue weighted by Gasteiger charge is 2.24. The maximum Gasteiger partial charge on any atom is 0.356 e. The molecule has 8 heteroatoms. The molecule has 0 aromatic heterocycles. The second kappa shape index (κ2) is 8.21. The molecule has 0 aliphatic rings. The SMILES string of the molecule is CC(c1ccccc1)P(=O)(O)O.Cc1cccc(P(=O)(O)O)c1C. The van der Waals surface area contributed by atoms with Crippen molar-refractivity contribution in [3.05, 3.63) is 65.2 Å². The van der Waals surface area contributed by atoms with E-state index >= 15 is 0 Å². The Kier molecular flexibility index (Phi) is 7.11. The smallest absolute Gasteiger partial charge is 0.324 e. The summed E-state index contributed by atoms with van der Waals surface area (Å²) in [5, 5.41) is 0.127. The third kappa shape index (κ3) is 5.99. The van der Waals surface area contributed by atoms with Crippen LogP contribution in [0.15, 0.2) is 48.5 Å². The Morgan fingerprint density at radius 3 is 1.79 bits per heavy atom. The van der Waals surface area contributed by atoms with Gasteiger partial charge in [0, 0.05) is 0 Å². The van der Waals surface area contributed by atoms with Crippen LogP contribution >= 0.6 is 15.2 Å². The van der Waals surface area contributed by atoms with Gasteiger partial charge in [-0.3, -0.25) is 9.13 Å². The molecule has 0 bridgehead atoms. The number of benzene rings is 2. The molecule has 0 heterocycles. The molecule has 0 radical (unpaired) electrons. The van der Waals surface area contributed by atoms with Crippen LogP contribution in [0.3, 0.4) is 0 Å². The zero-order valence-electron chi connectivity index (χ0n) is 13.7. The Bertz CT molecular complexity index is 763. The van der Waals surface area contributed by atoms with Crippen molar-refractivity contribution in [1.29, 1.82) is 0 Å². The van der Waals surface area contributed by atoms with Gasteiger partial charge in [-0.15, -0.1) is 0 Å². The average molecular weight is 372 g/mol. The van der Waals surface area contributed by atoms with E-state index in [0.717, 1.165) is 5.56 Å². The quantitative estimate of drug-likeness (QED) is 0.616. The van der Waals surface area contributed by atoms with Crippen LogP contribution in [-0.2, 0) is 9.13 Å².